The quantitative estimate of drug-likeness (QED) is 0.918. The summed E-state index contributed by atoms with van der Waals surface area (Å²) in [6.45, 7) is 1.03. The third-order valence-electron chi connectivity index (χ3n) is 4.27. The summed E-state index contributed by atoms with van der Waals surface area (Å²) in [7, 11) is 0. The molecule has 0 spiro atoms. The van der Waals surface area contributed by atoms with Crippen LogP contribution in [0.3, 0.4) is 0 Å². The lowest BCUT2D eigenvalue weighted by Gasteiger charge is -2.14. The molecule has 2 aromatic heterocycles. The predicted octanol–water partition coefficient (Wildman–Crippen LogP) is 3.34. The molecular weight excluding hydrogens is 304 g/mol. The number of nitrogens with zero attached hydrogens (tertiary/aromatic N) is 3. The standard InChI is InChI=1S/C14H17BrN4/c15-12-2-1-7-19-13(12)17-14(18-19)16-8-11(9-3-4-9)10-5-6-10/h1-2,7,9-11H,3-6,8H2,(H,16,18). The summed E-state index contributed by atoms with van der Waals surface area (Å²) in [6, 6.07) is 3.96. The Hall–Kier alpha value is -1.10. The van der Waals surface area contributed by atoms with Crippen LogP contribution in [0.2, 0.25) is 0 Å². The Balaban J connectivity index is 1.49. The van der Waals surface area contributed by atoms with Crippen molar-refractivity contribution in [2.24, 2.45) is 17.8 Å². The summed E-state index contributed by atoms with van der Waals surface area (Å²) in [5.41, 5.74) is 0.874. The number of pyridine rings is 1. The zero-order valence-corrected chi connectivity index (χ0v) is 12.3. The van der Waals surface area contributed by atoms with Gasteiger partial charge < -0.3 is 5.32 Å². The third kappa shape index (κ3) is 2.36. The maximum atomic E-state index is 4.54. The fourth-order valence-corrected chi connectivity index (χ4v) is 3.35. The molecule has 5 heteroatoms. The summed E-state index contributed by atoms with van der Waals surface area (Å²) in [4.78, 5) is 4.54. The SMILES string of the molecule is Brc1cccn2nc(NCC(C3CC3)C3CC3)nc12. The van der Waals surface area contributed by atoms with Gasteiger partial charge in [0, 0.05) is 12.7 Å². The first-order valence-corrected chi connectivity index (χ1v) is 7.85. The first kappa shape index (κ1) is 11.7. The zero-order chi connectivity index (χ0) is 12.8. The number of hydrogen-bond donors (Lipinski definition) is 1. The maximum Gasteiger partial charge on any atom is 0.243 e. The van der Waals surface area contributed by atoms with E-state index >= 15 is 0 Å². The second kappa shape index (κ2) is 4.47. The summed E-state index contributed by atoms with van der Waals surface area (Å²) in [6.07, 6.45) is 7.62. The smallest absolute Gasteiger partial charge is 0.243 e. The lowest BCUT2D eigenvalue weighted by atomic mass is 9.98. The number of nitrogens with one attached hydrogen (secondary N) is 1. The molecule has 1 N–H and O–H groups in total. The Morgan fingerprint density at radius 2 is 2.05 bits per heavy atom. The molecule has 0 unspecified atom stereocenters. The molecule has 4 rings (SSSR count). The molecule has 2 aromatic rings. The van der Waals surface area contributed by atoms with Crippen LogP contribution in [-0.4, -0.2) is 21.1 Å². The number of rotatable bonds is 5. The van der Waals surface area contributed by atoms with Gasteiger partial charge in [0.15, 0.2) is 5.65 Å². The van der Waals surface area contributed by atoms with E-state index in [1.165, 1.54) is 25.7 Å². The van der Waals surface area contributed by atoms with Crippen molar-refractivity contribution in [2.75, 3.05) is 11.9 Å². The van der Waals surface area contributed by atoms with Crippen LogP contribution in [0, 0.1) is 17.8 Å². The molecule has 2 fully saturated rings. The molecule has 4 nitrogen and oxygen atoms in total. The number of hydrogen-bond acceptors (Lipinski definition) is 3. The number of fused-ring (bicyclic) bond motifs is 1. The molecule has 2 aliphatic rings. The topological polar surface area (TPSA) is 42.2 Å². The van der Waals surface area contributed by atoms with E-state index in [-0.39, 0.29) is 0 Å². The van der Waals surface area contributed by atoms with Gasteiger partial charge in [-0.15, -0.1) is 5.10 Å². The average Bonchev–Trinajstić information content (AvgIpc) is 3.29. The van der Waals surface area contributed by atoms with E-state index in [0.717, 1.165) is 40.4 Å². The third-order valence-corrected chi connectivity index (χ3v) is 4.88. The van der Waals surface area contributed by atoms with Gasteiger partial charge in [0.25, 0.3) is 0 Å². The van der Waals surface area contributed by atoms with Crippen molar-refractivity contribution < 1.29 is 0 Å². The van der Waals surface area contributed by atoms with E-state index in [0.29, 0.717) is 0 Å². The Labute approximate surface area is 120 Å². The summed E-state index contributed by atoms with van der Waals surface area (Å²) >= 11 is 3.51. The van der Waals surface area contributed by atoms with Gasteiger partial charge >= 0.3 is 0 Å². The van der Waals surface area contributed by atoms with Crippen LogP contribution in [0.5, 0.6) is 0 Å². The number of anilines is 1. The van der Waals surface area contributed by atoms with E-state index in [4.69, 9.17) is 0 Å². The zero-order valence-electron chi connectivity index (χ0n) is 10.7. The highest BCUT2D eigenvalue weighted by atomic mass is 79.9. The lowest BCUT2D eigenvalue weighted by molar-refractivity contribution is 0.427. The van der Waals surface area contributed by atoms with Gasteiger partial charge in [-0.25, -0.2) is 4.52 Å². The van der Waals surface area contributed by atoms with Gasteiger partial charge in [-0.05, 0) is 71.5 Å². The molecule has 2 heterocycles. The van der Waals surface area contributed by atoms with Crippen molar-refractivity contribution in [3.63, 3.8) is 0 Å². The highest BCUT2D eigenvalue weighted by Gasteiger charge is 2.41. The monoisotopic (exact) mass is 320 g/mol. The molecule has 0 aliphatic heterocycles. The van der Waals surface area contributed by atoms with Crippen LogP contribution >= 0.6 is 15.9 Å². The average molecular weight is 321 g/mol. The van der Waals surface area contributed by atoms with Crippen LogP contribution < -0.4 is 5.32 Å². The second-order valence-electron chi connectivity index (χ2n) is 5.78. The van der Waals surface area contributed by atoms with Gasteiger partial charge in [-0.1, -0.05) is 0 Å². The molecule has 100 valence electrons. The molecule has 19 heavy (non-hydrogen) atoms. The van der Waals surface area contributed by atoms with Crippen LogP contribution in [0.15, 0.2) is 22.8 Å². The van der Waals surface area contributed by atoms with Crippen molar-refractivity contribution in [1.29, 1.82) is 0 Å². The molecule has 0 saturated heterocycles. The highest BCUT2D eigenvalue weighted by Crippen LogP contribution is 2.49. The minimum Gasteiger partial charge on any atom is -0.353 e. The van der Waals surface area contributed by atoms with Crippen LogP contribution in [0.4, 0.5) is 5.95 Å². The van der Waals surface area contributed by atoms with E-state index < -0.39 is 0 Å². The number of aromatic nitrogens is 3. The van der Waals surface area contributed by atoms with Crippen molar-refractivity contribution in [2.45, 2.75) is 25.7 Å². The molecule has 0 radical (unpaired) electrons. The van der Waals surface area contributed by atoms with Gasteiger partial charge in [0.1, 0.15) is 0 Å². The fourth-order valence-electron chi connectivity index (χ4n) is 2.92. The predicted molar refractivity (Wildman–Crippen MR) is 78.1 cm³/mol. The van der Waals surface area contributed by atoms with Gasteiger partial charge in [-0.2, -0.15) is 4.98 Å². The van der Waals surface area contributed by atoms with E-state index in [9.17, 15) is 0 Å². The first-order chi connectivity index (χ1) is 9.31. The van der Waals surface area contributed by atoms with Crippen LogP contribution in [0.1, 0.15) is 25.7 Å². The molecule has 0 aromatic carbocycles. The van der Waals surface area contributed by atoms with Gasteiger partial charge in [-0.3, -0.25) is 0 Å². The highest BCUT2D eigenvalue weighted by molar-refractivity contribution is 9.10. The fraction of sp³-hybridized carbons (Fsp3) is 0.571. The van der Waals surface area contributed by atoms with Crippen molar-refractivity contribution in [1.82, 2.24) is 14.6 Å². The normalized spacial score (nSPS) is 19.3. The van der Waals surface area contributed by atoms with Crippen molar-refractivity contribution in [3.05, 3.63) is 22.8 Å². The maximum absolute atomic E-state index is 4.54. The molecule has 2 saturated carbocycles. The molecular formula is C14H17BrN4. The van der Waals surface area contributed by atoms with Crippen molar-refractivity contribution >= 4 is 27.5 Å². The van der Waals surface area contributed by atoms with E-state index in [2.05, 4.69) is 31.3 Å². The van der Waals surface area contributed by atoms with Crippen molar-refractivity contribution in [3.8, 4) is 0 Å². The summed E-state index contributed by atoms with van der Waals surface area (Å²) in [5, 5.41) is 7.91. The Kier molecular flexibility index (Phi) is 2.76. The Morgan fingerprint density at radius 1 is 1.32 bits per heavy atom. The second-order valence-corrected chi connectivity index (χ2v) is 6.63. The van der Waals surface area contributed by atoms with Gasteiger partial charge in [0.05, 0.1) is 4.47 Å². The lowest BCUT2D eigenvalue weighted by Crippen LogP contribution is -2.18. The Morgan fingerprint density at radius 3 is 2.68 bits per heavy atom. The number of halogens is 1. The van der Waals surface area contributed by atoms with Gasteiger partial charge in [0.2, 0.25) is 5.95 Å². The molecule has 0 bridgehead atoms. The molecule has 0 atom stereocenters. The minimum atomic E-state index is 0.748. The van der Waals surface area contributed by atoms with Crippen LogP contribution in [0.25, 0.3) is 5.65 Å². The molecule has 0 amide bonds. The van der Waals surface area contributed by atoms with E-state index in [1.54, 1.807) is 0 Å². The Bertz CT molecular complexity index is 589. The summed E-state index contributed by atoms with van der Waals surface area (Å²) in [5.74, 6) is 3.51. The largest absolute Gasteiger partial charge is 0.353 e. The summed E-state index contributed by atoms with van der Waals surface area (Å²) < 4.78 is 2.80. The molecule has 2 aliphatic carbocycles. The van der Waals surface area contributed by atoms with E-state index in [1.807, 2.05) is 22.8 Å². The minimum absolute atomic E-state index is 0.748. The van der Waals surface area contributed by atoms with Crippen LogP contribution in [-0.2, 0) is 0 Å². The first-order valence-electron chi connectivity index (χ1n) is 7.06.